The van der Waals surface area contributed by atoms with Gasteiger partial charge in [0, 0.05) is 11.6 Å². The molecule has 0 aliphatic rings. The molecule has 0 atom stereocenters. The van der Waals surface area contributed by atoms with E-state index in [2.05, 4.69) is 0 Å². The minimum absolute atomic E-state index is 0.710. The molecule has 0 saturated carbocycles. The molecule has 3 heteroatoms. The van der Waals surface area contributed by atoms with E-state index in [1.54, 1.807) is 6.92 Å². The molecule has 70 valence electrons. The van der Waals surface area contributed by atoms with Gasteiger partial charge in [0.1, 0.15) is 11.5 Å². The Morgan fingerprint density at radius 1 is 1.54 bits per heavy atom. The normalized spacial score (nSPS) is 11.8. The van der Waals surface area contributed by atoms with Crippen LogP contribution in [0.25, 0.3) is 5.57 Å². The fourth-order valence-corrected chi connectivity index (χ4v) is 1.29. The molecule has 0 aromatic carbocycles. The van der Waals surface area contributed by atoms with Crippen LogP contribution in [0, 0.1) is 13.8 Å². The van der Waals surface area contributed by atoms with E-state index in [9.17, 15) is 4.79 Å². The van der Waals surface area contributed by atoms with Crippen molar-refractivity contribution in [1.82, 2.24) is 0 Å². The van der Waals surface area contributed by atoms with Crippen LogP contribution in [0.5, 0.6) is 0 Å². The van der Waals surface area contributed by atoms with E-state index in [0.29, 0.717) is 5.57 Å². The summed E-state index contributed by atoms with van der Waals surface area (Å²) in [6, 6.07) is 1.84. The third-order valence-corrected chi connectivity index (χ3v) is 1.81. The number of allylic oxidation sites excluding steroid dienone is 1. The van der Waals surface area contributed by atoms with Gasteiger partial charge in [-0.25, -0.2) is 4.79 Å². The highest BCUT2D eigenvalue weighted by atomic mass is 16.4. The average Bonchev–Trinajstić information content (AvgIpc) is 2.28. The summed E-state index contributed by atoms with van der Waals surface area (Å²) < 4.78 is 5.28. The van der Waals surface area contributed by atoms with E-state index in [0.717, 1.165) is 17.1 Å². The topological polar surface area (TPSA) is 50.4 Å². The van der Waals surface area contributed by atoms with Gasteiger partial charge < -0.3 is 9.52 Å². The molecule has 0 aliphatic heterocycles. The van der Waals surface area contributed by atoms with Crippen LogP contribution in [0.2, 0.25) is 0 Å². The Morgan fingerprint density at radius 2 is 2.15 bits per heavy atom. The monoisotopic (exact) mass is 180 g/mol. The molecule has 0 amide bonds. The Morgan fingerprint density at radius 3 is 2.54 bits per heavy atom. The van der Waals surface area contributed by atoms with E-state index in [4.69, 9.17) is 9.52 Å². The van der Waals surface area contributed by atoms with Crippen molar-refractivity contribution < 1.29 is 14.3 Å². The lowest BCUT2D eigenvalue weighted by atomic mass is 10.1. The molecule has 1 heterocycles. The molecule has 1 aromatic heterocycles. The van der Waals surface area contributed by atoms with Gasteiger partial charge in [-0.3, -0.25) is 0 Å². The number of carboxylic acids is 1. The molecule has 0 fully saturated rings. The minimum Gasteiger partial charge on any atom is -0.478 e. The molecule has 0 unspecified atom stereocenters. The van der Waals surface area contributed by atoms with E-state index in [-0.39, 0.29) is 0 Å². The largest absolute Gasteiger partial charge is 0.478 e. The van der Waals surface area contributed by atoms with Crippen molar-refractivity contribution >= 4 is 11.5 Å². The maximum absolute atomic E-state index is 10.4. The van der Waals surface area contributed by atoms with Gasteiger partial charge in [0.05, 0.1) is 0 Å². The molecular weight excluding hydrogens is 168 g/mol. The second-order valence-electron chi connectivity index (χ2n) is 2.99. The summed E-state index contributed by atoms with van der Waals surface area (Å²) in [5.74, 6) is 0.619. The number of aliphatic carboxylic acids is 1. The van der Waals surface area contributed by atoms with Crippen LogP contribution < -0.4 is 0 Å². The lowest BCUT2D eigenvalue weighted by molar-refractivity contribution is -0.131. The molecular formula is C10H12O3. The third kappa shape index (κ3) is 2.21. The van der Waals surface area contributed by atoms with Crippen molar-refractivity contribution in [2.24, 2.45) is 0 Å². The van der Waals surface area contributed by atoms with Crippen molar-refractivity contribution in [2.75, 3.05) is 0 Å². The van der Waals surface area contributed by atoms with Crippen LogP contribution in [0.4, 0.5) is 0 Å². The van der Waals surface area contributed by atoms with Gasteiger partial charge in [-0.2, -0.15) is 0 Å². The number of hydrogen-bond acceptors (Lipinski definition) is 2. The fraction of sp³-hybridized carbons (Fsp3) is 0.300. The zero-order valence-corrected chi connectivity index (χ0v) is 7.92. The molecule has 1 N–H and O–H groups in total. The zero-order valence-electron chi connectivity index (χ0n) is 7.92. The number of aryl methyl sites for hydroxylation is 2. The summed E-state index contributed by atoms with van der Waals surface area (Å²) in [6.07, 6.45) is 1.18. The molecule has 3 nitrogen and oxygen atoms in total. The van der Waals surface area contributed by atoms with Crippen molar-refractivity contribution in [3.05, 3.63) is 29.2 Å². The lowest BCUT2D eigenvalue weighted by Crippen LogP contribution is -1.89. The second-order valence-corrected chi connectivity index (χ2v) is 2.99. The molecule has 0 spiro atoms. The first-order valence-electron chi connectivity index (χ1n) is 3.99. The van der Waals surface area contributed by atoms with Crippen LogP contribution in [-0.4, -0.2) is 11.1 Å². The zero-order chi connectivity index (χ0) is 10.0. The van der Waals surface area contributed by atoms with Gasteiger partial charge in [-0.1, -0.05) is 0 Å². The standard InChI is InChI=1S/C10H12O3/c1-6(4-10(11)12)9-5-7(2)13-8(9)3/h4-5H,1-3H3,(H,11,12)/b6-4-. The van der Waals surface area contributed by atoms with E-state index < -0.39 is 5.97 Å². The van der Waals surface area contributed by atoms with E-state index in [1.165, 1.54) is 6.08 Å². The maximum Gasteiger partial charge on any atom is 0.328 e. The van der Waals surface area contributed by atoms with E-state index >= 15 is 0 Å². The summed E-state index contributed by atoms with van der Waals surface area (Å²) in [4.78, 5) is 10.4. The second kappa shape index (κ2) is 3.47. The number of hydrogen-bond donors (Lipinski definition) is 1. The predicted octanol–water partition coefficient (Wildman–Crippen LogP) is 2.38. The van der Waals surface area contributed by atoms with Crippen LogP contribution in [-0.2, 0) is 4.79 Å². The average molecular weight is 180 g/mol. The Hall–Kier alpha value is -1.51. The van der Waals surface area contributed by atoms with Crippen molar-refractivity contribution in [1.29, 1.82) is 0 Å². The van der Waals surface area contributed by atoms with Crippen LogP contribution >= 0.6 is 0 Å². The lowest BCUT2D eigenvalue weighted by Gasteiger charge is -1.95. The summed E-state index contributed by atoms with van der Waals surface area (Å²) in [5, 5.41) is 8.54. The summed E-state index contributed by atoms with van der Waals surface area (Å²) >= 11 is 0. The first kappa shape index (κ1) is 9.58. The van der Waals surface area contributed by atoms with Crippen LogP contribution in [0.1, 0.15) is 24.0 Å². The SMILES string of the molecule is C/C(=C/C(=O)O)c1cc(C)oc1C. The van der Waals surface area contributed by atoms with Gasteiger partial charge in [0.25, 0.3) is 0 Å². The fourth-order valence-electron chi connectivity index (χ4n) is 1.29. The predicted molar refractivity (Wildman–Crippen MR) is 49.5 cm³/mol. The third-order valence-electron chi connectivity index (χ3n) is 1.81. The number of furan rings is 1. The Balaban J connectivity index is 3.08. The highest BCUT2D eigenvalue weighted by Gasteiger charge is 2.06. The first-order valence-corrected chi connectivity index (χ1v) is 3.99. The quantitative estimate of drug-likeness (QED) is 0.711. The highest BCUT2D eigenvalue weighted by molar-refractivity contribution is 5.89. The van der Waals surface area contributed by atoms with Gasteiger partial charge in [-0.15, -0.1) is 0 Å². The van der Waals surface area contributed by atoms with Gasteiger partial charge in [-0.05, 0) is 32.4 Å². The van der Waals surface area contributed by atoms with E-state index in [1.807, 2.05) is 19.9 Å². The number of rotatable bonds is 2. The summed E-state index contributed by atoms with van der Waals surface area (Å²) in [6.45, 7) is 5.41. The van der Waals surface area contributed by atoms with Crippen LogP contribution in [0.3, 0.4) is 0 Å². The molecule has 0 aliphatic carbocycles. The Kier molecular flexibility index (Phi) is 2.56. The van der Waals surface area contributed by atoms with Crippen molar-refractivity contribution in [3.8, 4) is 0 Å². The van der Waals surface area contributed by atoms with Gasteiger partial charge in [0.15, 0.2) is 0 Å². The first-order chi connectivity index (χ1) is 6.00. The van der Waals surface area contributed by atoms with Crippen molar-refractivity contribution in [3.63, 3.8) is 0 Å². The van der Waals surface area contributed by atoms with Crippen molar-refractivity contribution in [2.45, 2.75) is 20.8 Å². The minimum atomic E-state index is -0.934. The van der Waals surface area contributed by atoms with Gasteiger partial charge >= 0.3 is 5.97 Å². The summed E-state index contributed by atoms with van der Waals surface area (Å²) in [5.41, 5.74) is 1.57. The smallest absolute Gasteiger partial charge is 0.328 e. The number of carbonyl (C=O) groups is 1. The molecule has 13 heavy (non-hydrogen) atoms. The number of carboxylic acid groups (broad SMARTS) is 1. The molecule has 1 aromatic rings. The Bertz CT molecular complexity index is 358. The maximum atomic E-state index is 10.4. The van der Waals surface area contributed by atoms with Gasteiger partial charge in [0.2, 0.25) is 0 Å². The van der Waals surface area contributed by atoms with Crippen LogP contribution in [0.15, 0.2) is 16.6 Å². The highest BCUT2D eigenvalue weighted by Crippen LogP contribution is 2.21. The molecule has 0 radical (unpaired) electrons. The summed E-state index contributed by atoms with van der Waals surface area (Å²) in [7, 11) is 0. The molecule has 1 rings (SSSR count). The molecule has 0 bridgehead atoms. The Labute approximate surface area is 76.7 Å². The molecule has 0 saturated heterocycles.